The van der Waals surface area contributed by atoms with Crippen molar-refractivity contribution in [2.75, 3.05) is 0 Å². The summed E-state index contributed by atoms with van der Waals surface area (Å²) in [6, 6.07) is 14.2. The van der Waals surface area contributed by atoms with Crippen LogP contribution in [0, 0.1) is 5.82 Å². The summed E-state index contributed by atoms with van der Waals surface area (Å²) in [4.78, 5) is 10.8. The van der Waals surface area contributed by atoms with Crippen LogP contribution in [0.3, 0.4) is 0 Å². The number of hydrogen-bond donors (Lipinski definition) is 2. The molecule has 0 amide bonds. The van der Waals surface area contributed by atoms with E-state index in [2.05, 4.69) is 5.32 Å². The maximum atomic E-state index is 13.7. The fraction of sp³-hybridized carbons (Fsp3) is 0.278. The van der Waals surface area contributed by atoms with Crippen molar-refractivity contribution < 1.29 is 14.3 Å². The van der Waals surface area contributed by atoms with E-state index in [0.717, 1.165) is 24.0 Å². The van der Waals surface area contributed by atoms with Gasteiger partial charge in [0.05, 0.1) is 5.56 Å². The summed E-state index contributed by atoms with van der Waals surface area (Å²) in [6.45, 7) is 0.703. The van der Waals surface area contributed by atoms with Crippen LogP contribution in [0.15, 0.2) is 48.5 Å². The highest BCUT2D eigenvalue weighted by molar-refractivity contribution is 5.87. The summed E-state index contributed by atoms with van der Waals surface area (Å²) >= 11 is 0. The first-order valence-electron chi connectivity index (χ1n) is 7.43. The summed E-state index contributed by atoms with van der Waals surface area (Å²) in [6.07, 6.45) is 1.88. The molecule has 0 saturated heterocycles. The minimum Gasteiger partial charge on any atom is -0.478 e. The van der Waals surface area contributed by atoms with Gasteiger partial charge < -0.3 is 10.4 Å². The molecular formula is C18H18FNO2. The first kappa shape index (κ1) is 14.7. The van der Waals surface area contributed by atoms with Crippen LogP contribution in [-0.4, -0.2) is 17.1 Å². The molecule has 0 atom stereocenters. The maximum Gasteiger partial charge on any atom is 0.335 e. The van der Waals surface area contributed by atoms with Gasteiger partial charge in [0.2, 0.25) is 0 Å². The Bertz CT molecular complexity index is 663. The average molecular weight is 299 g/mol. The first-order chi connectivity index (χ1) is 10.6. The zero-order chi connectivity index (χ0) is 15.5. The van der Waals surface area contributed by atoms with Crippen LogP contribution in [0.5, 0.6) is 0 Å². The molecule has 1 saturated carbocycles. The first-order valence-corrected chi connectivity index (χ1v) is 7.43. The molecule has 0 aromatic heterocycles. The Morgan fingerprint density at radius 2 is 1.82 bits per heavy atom. The number of hydrogen-bond acceptors (Lipinski definition) is 2. The molecule has 1 aliphatic carbocycles. The number of nitrogens with one attached hydrogen (secondary N) is 1. The second-order valence-electron chi connectivity index (χ2n) is 5.77. The SMILES string of the molecule is O=C(O)c1ccc(CNC2CC(c3ccccc3F)C2)cc1. The van der Waals surface area contributed by atoms with Crippen molar-refractivity contribution in [1.82, 2.24) is 5.32 Å². The monoisotopic (exact) mass is 299 g/mol. The third-order valence-corrected chi connectivity index (χ3v) is 4.28. The van der Waals surface area contributed by atoms with Crippen molar-refractivity contribution in [2.45, 2.75) is 31.3 Å². The van der Waals surface area contributed by atoms with Crippen LogP contribution in [0.25, 0.3) is 0 Å². The van der Waals surface area contributed by atoms with Crippen LogP contribution in [0.1, 0.15) is 40.2 Å². The van der Waals surface area contributed by atoms with Crippen LogP contribution in [0.4, 0.5) is 4.39 Å². The third kappa shape index (κ3) is 3.17. The molecule has 3 nitrogen and oxygen atoms in total. The summed E-state index contributed by atoms with van der Waals surface area (Å²) in [5.41, 5.74) is 2.16. The molecule has 2 aromatic carbocycles. The minimum absolute atomic E-state index is 0.116. The Balaban J connectivity index is 1.48. The summed E-state index contributed by atoms with van der Waals surface area (Å²) in [7, 11) is 0. The Labute approximate surface area is 128 Å². The average Bonchev–Trinajstić information content (AvgIpc) is 2.48. The molecule has 1 aliphatic rings. The van der Waals surface area contributed by atoms with E-state index in [1.54, 1.807) is 18.2 Å². The molecule has 0 heterocycles. The molecule has 114 valence electrons. The molecule has 1 fully saturated rings. The zero-order valence-electron chi connectivity index (χ0n) is 12.1. The molecule has 22 heavy (non-hydrogen) atoms. The fourth-order valence-electron chi connectivity index (χ4n) is 2.87. The highest BCUT2D eigenvalue weighted by atomic mass is 19.1. The van der Waals surface area contributed by atoms with Crippen molar-refractivity contribution >= 4 is 5.97 Å². The lowest BCUT2D eigenvalue weighted by Gasteiger charge is -2.36. The van der Waals surface area contributed by atoms with Crippen LogP contribution < -0.4 is 5.32 Å². The molecule has 0 radical (unpaired) electrons. The van der Waals surface area contributed by atoms with Gasteiger partial charge in [-0.1, -0.05) is 30.3 Å². The fourth-order valence-corrected chi connectivity index (χ4v) is 2.87. The normalized spacial score (nSPS) is 20.4. The lowest BCUT2D eigenvalue weighted by atomic mass is 9.75. The third-order valence-electron chi connectivity index (χ3n) is 4.28. The van der Waals surface area contributed by atoms with Crippen molar-refractivity contribution in [2.24, 2.45) is 0 Å². The predicted octanol–water partition coefficient (Wildman–Crippen LogP) is 3.56. The Hall–Kier alpha value is -2.20. The Morgan fingerprint density at radius 1 is 1.14 bits per heavy atom. The Morgan fingerprint density at radius 3 is 2.45 bits per heavy atom. The number of aromatic carboxylic acids is 1. The molecule has 4 heteroatoms. The van der Waals surface area contributed by atoms with E-state index < -0.39 is 5.97 Å². The quantitative estimate of drug-likeness (QED) is 0.887. The molecule has 0 unspecified atom stereocenters. The van der Waals surface area contributed by atoms with Crippen molar-refractivity contribution in [3.63, 3.8) is 0 Å². The van der Waals surface area contributed by atoms with E-state index in [-0.39, 0.29) is 5.82 Å². The lowest BCUT2D eigenvalue weighted by molar-refractivity contribution is 0.0697. The van der Waals surface area contributed by atoms with E-state index in [1.807, 2.05) is 24.3 Å². The Kier molecular flexibility index (Phi) is 4.20. The van der Waals surface area contributed by atoms with Gasteiger partial charge in [0.25, 0.3) is 0 Å². The number of carbonyl (C=O) groups is 1. The lowest BCUT2D eigenvalue weighted by Crippen LogP contribution is -2.39. The highest BCUT2D eigenvalue weighted by Crippen LogP contribution is 2.38. The standard InChI is InChI=1S/C18H18FNO2/c19-17-4-2-1-3-16(17)14-9-15(10-14)20-11-12-5-7-13(8-6-12)18(21)22/h1-8,14-15,20H,9-11H2,(H,21,22). The van der Waals surface area contributed by atoms with Gasteiger partial charge in [0.1, 0.15) is 5.82 Å². The number of rotatable bonds is 5. The van der Waals surface area contributed by atoms with Gasteiger partial charge in [-0.15, -0.1) is 0 Å². The molecular weight excluding hydrogens is 281 g/mol. The number of carboxylic acids is 1. The second-order valence-corrected chi connectivity index (χ2v) is 5.77. The topological polar surface area (TPSA) is 49.3 Å². The minimum atomic E-state index is -0.911. The van der Waals surface area contributed by atoms with Crippen molar-refractivity contribution in [3.05, 3.63) is 71.0 Å². The van der Waals surface area contributed by atoms with Gasteiger partial charge in [-0.05, 0) is 48.1 Å². The van der Waals surface area contributed by atoms with E-state index in [0.29, 0.717) is 24.1 Å². The van der Waals surface area contributed by atoms with Crippen molar-refractivity contribution in [3.8, 4) is 0 Å². The number of halogens is 1. The van der Waals surface area contributed by atoms with E-state index >= 15 is 0 Å². The smallest absolute Gasteiger partial charge is 0.335 e. The molecule has 3 rings (SSSR count). The van der Waals surface area contributed by atoms with Crippen LogP contribution in [-0.2, 0) is 6.54 Å². The predicted molar refractivity (Wildman–Crippen MR) is 82.4 cm³/mol. The van der Waals surface area contributed by atoms with Crippen LogP contribution in [0.2, 0.25) is 0 Å². The maximum absolute atomic E-state index is 13.7. The van der Waals surface area contributed by atoms with Gasteiger partial charge >= 0.3 is 5.97 Å². The molecule has 0 aliphatic heterocycles. The summed E-state index contributed by atoms with van der Waals surface area (Å²) in [5, 5.41) is 12.3. The van der Waals surface area contributed by atoms with Crippen LogP contribution >= 0.6 is 0 Å². The van der Waals surface area contributed by atoms with E-state index in [9.17, 15) is 9.18 Å². The largest absolute Gasteiger partial charge is 0.478 e. The highest BCUT2D eigenvalue weighted by Gasteiger charge is 2.31. The van der Waals surface area contributed by atoms with Gasteiger partial charge in [-0.2, -0.15) is 0 Å². The zero-order valence-corrected chi connectivity index (χ0v) is 12.1. The van der Waals surface area contributed by atoms with Gasteiger partial charge in [-0.3, -0.25) is 0 Å². The van der Waals surface area contributed by atoms with E-state index in [1.165, 1.54) is 6.07 Å². The second kappa shape index (κ2) is 6.28. The van der Waals surface area contributed by atoms with Gasteiger partial charge in [0, 0.05) is 12.6 Å². The molecule has 2 aromatic rings. The van der Waals surface area contributed by atoms with E-state index in [4.69, 9.17) is 5.11 Å². The van der Waals surface area contributed by atoms with Crippen molar-refractivity contribution in [1.29, 1.82) is 0 Å². The number of carboxylic acid groups (broad SMARTS) is 1. The van der Waals surface area contributed by atoms with Gasteiger partial charge in [0.15, 0.2) is 0 Å². The number of benzene rings is 2. The van der Waals surface area contributed by atoms with Gasteiger partial charge in [-0.25, -0.2) is 9.18 Å². The molecule has 2 N–H and O–H groups in total. The summed E-state index contributed by atoms with van der Waals surface area (Å²) < 4.78 is 13.7. The molecule has 0 spiro atoms. The molecule has 0 bridgehead atoms. The summed E-state index contributed by atoms with van der Waals surface area (Å²) in [5.74, 6) is -0.727.